The Kier molecular flexibility index (Phi) is 3.67. The Morgan fingerprint density at radius 1 is 1.32 bits per heavy atom. The van der Waals surface area contributed by atoms with Crippen LogP contribution in [-0.4, -0.2) is 41.4 Å². The van der Waals surface area contributed by atoms with Crippen LogP contribution in [0.5, 0.6) is 5.75 Å². The van der Waals surface area contributed by atoms with Gasteiger partial charge in [-0.3, -0.25) is 14.5 Å². The van der Waals surface area contributed by atoms with Gasteiger partial charge in [0.1, 0.15) is 17.8 Å². The molecule has 2 aliphatic heterocycles. The van der Waals surface area contributed by atoms with Gasteiger partial charge in [-0.25, -0.2) is 4.79 Å². The number of carbonyl (C=O) groups is 3. The number of fused-ring (bicyclic) bond motifs is 1. The average molecular weight is 343 g/mol. The number of para-hydroxylation sites is 1. The molecular formula is C18H21N3O4. The van der Waals surface area contributed by atoms with Crippen LogP contribution in [0.15, 0.2) is 24.3 Å². The predicted molar refractivity (Wildman–Crippen MR) is 88.8 cm³/mol. The van der Waals surface area contributed by atoms with Crippen molar-refractivity contribution in [2.45, 2.75) is 37.8 Å². The van der Waals surface area contributed by atoms with E-state index < -0.39 is 11.6 Å². The highest BCUT2D eigenvalue weighted by Gasteiger charge is 2.56. The summed E-state index contributed by atoms with van der Waals surface area (Å²) in [5.74, 6) is 0.294. The van der Waals surface area contributed by atoms with Crippen molar-refractivity contribution in [2.75, 3.05) is 13.2 Å². The summed E-state index contributed by atoms with van der Waals surface area (Å²) in [6, 6.07) is 6.90. The number of nitrogens with zero attached hydrogens (tertiary/aromatic N) is 1. The summed E-state index contributed by atoms with van der Waals surface area (Å²) < 4.78 is 5.58. The smallest absolute Gasteiger partial charge is 0.325 e. The molecule has 7 nitrogen and oxygen atoms in total. The summed E-state index contributed by atoms with van der Waals surface area (Å²) in [6.45, 7) is 2.01. The molecule has 2 atom stereocenters. The number of nitrogens with one attached hydrogen (secondary N) is 2. The van der Waals surface area contributed by atoms with E-state index in [1.807, 2.05) is 24.3 Å². The molecule has 3 aliphatic rings. The van der Waals surface area contributed by atoms with Gasteiger partial charge in [-0.05, 0) is 31.7 Å². The van der Waals surface area contributed by atoms with E-state index in [-0.39, 0.29) is 30.3 Å². The first-order valence-corrected chi connectivity index (χ1v) is 8.64. The molecule has 0 radical (unpaired) electrons. The minimum absolute atomic E-state index is 0.173. The zero-order valence-corrected chi connectivity index (χ0v) is 14.1. The Morgan fingerprint density at radius 2 is 2.08 bits per heavy atom. The van der Waals surface area contributed by atoms with Crippen LogP contribution in [-0.2, 0) is 9.59 Å². The molecule has 4 rings (SSSR count). The van der Waals surface area contributed by atoms with Gasteiger partial charge in [-0.15, -0.1) is 0 Å². The lowest BCUT2D eigenvalue weighted by molar-refractivity contribution is -0.135. The van der Waals surface area contributed by atoms with E-state index >= 15 is 0 Å². The molecular weight excluding hydrogens is 322 g/mol. The largest absolute Gasteiger partial charge is 0.493 e. The van der Waals surface area contributed by atoms with Crippen LogP contribution in [0.1, 0.15) is 37.8 Å². The molecule has 2 unspecified atom stereocenters. The first-order chi connectivity index (χ1) is 12.0. The van der Waals surface area contributed by atoms with E-state index in [0.29, 0.717) is 13.0 Å². The second-order valence-electron chi connectivity index (χ2n) is 7.09. The molecule has 1 aliphatic carbocycles. The third-order valence-electron chi connectivity index (χ3n) is 5.29. The minimum atomic E-state index is -0.858. The highest BCUT2D eigenvalue weighted by molar-refractivity contribution is 6.09. The summed E-state index contributed by atoms with van der Waals surface area (Å²) in [5, 5.41) is 5.68. The van der Waals surface area contributed by atoms with Gasteiger partial charge in [0, 0.05) is 12.0 Å². The number of carbonyl (C=O) groups excluding carboxylic acids is 3. The van der Waals surface area contributed by atoms with E-state index in [4.69, 9.17) is 4.74 Å². The van der Waals surface area contributed by atoms with Gasteiger partial charge in [0.25, 0.3) is 5.91 Å². The molecule has 4 amide bonds. The van der Waals surface area contributed by atoms with Gasteiger partial charge in [-0.1, -0.05) is 18.2 Å². The molecule has 1 saturated carbocycles. The van der Waals surface area contributed by atoms with E-state index in [2.05, 4.69) is 10.6 Å². The van der Waals surface area contributed by atoms with E-state index in [0.717, 1.165) is 29.1 Å². The number of benzene rings is 1. The summed E-state index contributed by atoms with van der Waals surface area (Å²) in [6.07, 6.45) is 2.52. The van der Waals surface area contributed by atoms with Crippen molar-refractivity contribution in [1.82, 2.24) is 15.5 Å². The molecule has 1 aromatic rings. The summed E-state index contributed by atoms with van der Waals surface area (Å²) in [4.78, 5) is 38.2. The Labute approximate surface area is 145 Å². The van der Waals surface area contributed by atoms with Gasteiger partial charge in [-0.2, -0.15) is 0 Å². The standard InChI is InChI=1S/C18H21N3O4/c1-18(11-6-7-11)16(23)21(17(24)20-18)10-15(22)19-13-8-9-25-14-5-3-2-4-12(13)14/h2-5,11,13H,6-10H2,1H3,(H,19,22)(H,20,24). The second-order valence-corrected chi connectivity index (χ2v) is 7.09. The van der Waals surface area contributed by atoms with Crippen molar-refractivity contribution in [3.63, 3.8) is 0 Å². The molecule has 1 saturated heterocycles. The maximum Gasteiger partial charge on any atom is 0.325 e. The number of hydrogen-bond donors (Lipinski definition) is 2. The molecule has 132 valence electrons. The van der Waals surface area contributed by atoms with Crippen LogP contribution in [0, 0.1) is 5.92 Å². The molecule has 0 bridgehead atoms. The number of hydrogen-bond acceptors (Lipinski definition) is 4. The van der Waals surface area contributed by atoms with Crippen LogP contribution in [0.2, 0.25) is 0 Å². The zero-order chi connectivity index (χ0) is 17.6. The van der Waals surface area contributed by atoms with Gasteiger partial charge in [0.15, 0.2) is 0 Å². The Morgan fingerprint density at radius 3 is 2.84 bits per heavy atom. The lowest BCUT2D eigenvalue weighted by Crippen LogP contribution is -2.47. The van der Waals surface area contributed by atoms with Gasteiger partial charge in [0.05, 0.1) is 12.6 Å². The lowest BCUT2D eigenvalue weighted by atomic mass is 9.96. The summed E-state index contributed by atoms with van der Waals surface area (Å²) >= 11 is 0. The van der Waals surface area contributed by atoms with Crippen LogP contribution in [0.4, 0.5) is 4.79 Å². The van der Waals surface area contributed by atoms with E-state index in [1.54, 1.807) is 6.92 Å². The van der Waals surface area contributed by atoms with Crippen molar-refractivity contribution >= 4 is 17.8 Å². The summed E-state index contributed by atoms with van der Waals surface area (Å²) in [5.41, 5.74) is 0.0601. The average Bonchev–Trinajstić information content (AvgIpc) is 3.42. The summed E-state index contributed by atoms with van der Waals surface area (Å²) in [7, 11) is 0. The van der Waals surface area contributed by atoms with Crippen molar-refractivity contribution in [3.8, 4) is 5.75 Å². The normalized spacial score (nSPS) is 28.2. The van der Waals surface area contributed by atoms with E-state index in [9.17, 15) is 14.4 Å². The number of ether oxygens (including phenoxy) is 1. The fraction of sp³-hybridized carbons (Fsp3) is 0.500. The maximum absolute atomic E-state index is 12.6. The third kappa shape index (κ3) is 2.73. The number of imide groups is 1. The van der Waals surface area contributed by atoms with Crippen molar-refractivity contribution in [3.05, 3.63) is 29.8 Å². The van der Waals surface area contributed by atoms with Gasteiger partial charge in [0.2, 0.25) is 5.91 Å². The monoisotopic (exact) mass is 343 g/mol. The molecule has 2 heterocycles. The van der Waals surface area contributed by atoms with E-state index in [1.165, 1.54) is 0 Å². The SMILES string of the molecule is CC1(C2CC2)NC(=O)N(CC(=O)NC2CCOc3ccccc32)C1=O. The van der Waals surface area contributed by atoms with Gasteiger partial charge < -0.3 is 15.4 Å². The van der Waals surface area contributed by atoms with Gasteiger partial charge >= 0.3 is 6.03 Å². The Balaban J connectivity index is 1.43. The molecule has 2 N–H and O–H groups in total. The fourth-order valence-corrected chi connectivity index (χ4v) is 3.67. The zero-order valence-electron chi connectivity index (χ0n) is 14.1. The Hall–Kier alpha value is -2.57. The second kappa shape index (κ2) is 5.75. The molecule has 2 fully saturated rings. The number of urea groups is 1. The fourth-order valence-electron chi connectivity index (χ4n) is 3.67. The maximum atomic E-state index is 12.6. The molecule has 0 spiro atoms. The highest BCUT2D eigenvalue weighted by Crippen LogP contribution is 2.42. The van der Waals surface area contributed by atoms with Crippen LogP contribution in [0.3, 0.4) is 0 Å². The highest BCUT2D eigenvalue weighted by atomic mass is 16.5. The predicted octanol–water partition coefficient (Wildman–Crippen LogP) is 1.35. The number of rotatable bonds is 4. The first kappa shape index (κ1) is 15.9. The quantitative estimate of drug-likeness (QED) is 0.808. The third-order valence-corrected chi connectivity index (χ3v) is 5.29. The van der Waals surface area contributed by atoms with Crippen LogP contribution in [0.25, 0.3) is 0 Å². The van der Waals surface area contributed by atoms with Crippen LogP contribution >= 0.6 is 0 Å². The van der Waals surface area contributed by atoms with Crippen molar-refractivity contribution in [2.24, 2.45) is 5.92 Å². The molecule has 0 aromatic heterocycles. The number of amides is 4. The molecule has 25 heavy (non-hydrogen) atoms. The molecule has 7 heteroatoms. The first-order valence-electron chi connectivity index (χ1n) is 8.64. The minimum Gasteiger partial charge on any atom is -0.493 e. The molecule has 1 aromatic carbocycles. The van der Waals surface area contributed by atoms with Crippen molar-refractivity contribution < 1.29 is 19.1 Å². The van der Waals surface area contributed by atoms with Crippen molar-refractivity contribution in [1.29, 1.82) is 0 Å². The van der Waals surface area contributed by atoms with Crippen LogP contribution < -0.4 is 15.4 Å². The topological polar surface area (TPSA) is 87.7 Å². The lowest BCUT2D eigenvalue weighted by Gasteiger charge is -2.27. The Bertz CT molecular complexity index is 746.